The molecule has 0 fully saturated rings. The average molecular weight is 384 g/mol. The molecule has 0 saturated carbocycles. The van der Waals surface area contributed by atoms with E-state index in [1.54, 1.807) is 24.3 Å². The van der Waals surface area contributed by atoms with Crippen molar-refractivity contribution < 1.29 is 42.5 Å². The van der Waals surface area contributed by atoms with E-state index in [9.17, 15) is 13.0 Å². The van der Waals surface area contributed by atoms with Gasteiger partial charge in [-0.1, -0.05) is 97.1 Å². The Labute approximate surface area is 182 Å². The SMILES string of the molecule is O=S(=O)([O-])c1cccc(C=Cc2ccccc2)c1C=Cc1ccccc1.[Na+]. The largest absolute Gasteiger partial charge is 1.00 e. The first-order chi connectivity index (χ1) is 12.5. The van der Waals surface area contributed by atoms with Crippen molar-refractivity contribution in [2.45, 2.75) is 4.90 Å². The average Bonchev–Trinajstić information content (AvgIpc) is 2.66. The van der Waals surface area contributed by atoms with Crippen molar-refractivity contribution in [2.75, 3.05) is 0 Å². The van der Waals surface area contributed by atoms with Gasteiger partial charge in [-0.25, -0.2) is 8.42 Å². The minimum absolute atomic E-state index is 0. The Morgan fingerprint density at radius 3 is 1.67 bits per heavy atom. The first kappa shape index (κ1) is 21.4. The predicted octanol–water partition coefficient (Wildman–Crippen LogP) is 1.94. The van der Waals surface area contributed by atoms with E-state index < -0.39 is 10.1 Å². The Balaban J connectivity index is 0.00000261. The molecule has 3 nitrogen and oxygen atoms in total. The van der Waals surface area contributed by atoms with E-state index in [0.29, 0.717) is 11.1 Å². The van der Waals surface area contributed by atoms with Gasteiger partial charge < -0.3 is 4.55 Å². The van der Waals surface area contributed by atoms with Gasteiger partial charge in [-0.05, 0) is 28.3 Å². The van der Waals surface area contributed by atoms with Crippen molar-refractivity contribution in [1.82, 2.24) is 0 Å². The van der Waals surface area contributed by atoms with E-state index in [1.807, 2.05) is 72.8 Å². The van der Waals surface area contributed by atoms with E-state index in [-0.39, 0.29) is 34.5 Å². The number of benzene rings is 3. The molecule has 0 bridgehead atoms. The van der Waals surface area contributed by atoms with Gasteiger partial charge in [0, 0.05) is 0 Å². The Hall–Kier alpha value is -1.95. The van der Waals surface area contributed by atoms with Crippen LogP contribution in [0.2, 0.25) is 0 Å². The minimum Gasteiger partial charge on any atom is -0.744 e. The molecular formula is C22H17NaO3S. The third kappa shape index (κ3) is 6.03. The van der Waals surface area contributed by atoms with Gasteiger partial charge in [-0.15, -0.1) is 0 Å². The molecule has 3 aromatic carbocycles. The molecule has 0 aliphatic heterocycles. The van der Waals surface area contributed by atoms with Crippen molar-refractivity contribution in [3.8, 4) is 0 Å². The summed E-state index contributed by atoms with van der Waals surface area (Å²) < 4.78 is 35.0. The van der Waals surface area contributed by atoms with Crippen molar-refractivity contribution in [2.24, 2.45) is 0 Å². The second kappa shape index (κ2) is 9.83. The van der Waals surface area contributed by atoms with Gasteiger partial charge in [0.25, 0.3) is 0 Å². The van der Waals surface area contributed by atoms with Gasteiger partial charge in [0.2, 0.25) is 0 Å². The zero-order valence-corrected chi connectivity index (χ0v) is 17.8. The van der Waals surface area contributed by atoms with E-state index in [1.165, 1.54) is 6.07 Å². The van der Waals surface area contributed by atoms with Crippen LogP contribution in [0.25, 0.3) is 24.3 Å². The smallest absolute Gasteiger partial charge is 0.744 e. The van der Waals surface area contributed by atoms with E-state index in [2.05, 4.69) is 0 Å². The van der Waals surface area contributed by atoms with E-state index in [0.717, 1.165) is 11.1 Å². The van der Waals surface area contributed by atoms with Crippen LogP contribution in [-0.2, 0) is 10.1 Å². The maximum atomic E-state index is 11.7. The number of hydrogen-bond donors (Lipinski definition) is 0. The molecular weight excluding hydrogens is 367 g/mol. The number of rotatable bonds is 5. The first-order valence-corrected chi connectivity index (χ1v) is 9.50. The summed E-state index contributed by atoms with van der Waals surface area (Å²) in [5, 5.41) is 0. The summed E-state index contributed by atoms with van der Waals surface area (Å²) >= 11 is 0. The zero-order valence-electron chi connectivity index (χ0n) is 14.9. The molecule has 3 rings (SSSR count). The Morgan fingerprint density at radius 2 is 1.15 bits per heavy atom. The summed E-state index contributed by atoms with van der Waals surface area (Å²) in [7, 11) is -4.58. The Bertz CT molecular complexity index is 1040. The molecule has 0 aliphatic rings. The Kier molecular flexibility index (Phi) is 7.78. The second-order valence-electron chi connectivity index (χ2n) is 5.70. The predicted molar refractivity (Wildman–Crippen MR) is 105 cm³/mol. The summed E-state index contributed by atoms with van der Waals surface area (Å²) in [6.45, 7) is 0. The fraction of sp³-hybridized carbons (Fsp3) is 0. The quantitative estimate of drug-likeness (QED) is 0.384. The summed E-state index contributed by atoms with van der Waals surface area (Å²) in [6.07, 6.45) is 7.17. The summed E-state index contributed by atoms with van der Waals surface area (Å²) in [4.78, 5) is -0.222. The van der Waals surface area contributed by atoms with Crippen LogP contribution in [0.3, 0.4) is 0 Å². The molecule has 130 valence electrons. The van der Waals surface area contributed by atoms with Crippen LogP contribution >= 0.6 is 0 Å². The van der Waals surface area contributed by atoms with Gasteiger partial charge in [0.1, 0.15) is 10.1 Å². The topological polar surface area (TPSA) is 57.2 Å². The molecule has 0 saturated heterocycles. The van der Waals surface area contributed by atoms with Crippen molar-refractivity contribution in [1.29, 1.82) is 0 Å². The first-order valence-electron chi connectivity index (χ1n) is 8.09. The Morgan fingerprint density at radius 1 is 0.630 bits per heavy atom. The van der Waals surface area contributed by atoms with Gasteiger partial charge in [0.15, 0.2) is 0 Å². The van der Waals surface area contributed by atoms with Crippen molar-refractivity contribution >= 4 is 34.4 Å². The van der Waals surface area contributed by atoms with Gasteiger partial charge in [-0.2, -0.15) is 0 Å². The van der Waals surface area contributed by atoms with Crippen LogP contribution in [0.5, 0.6) is 0 Å². The van der Waals surface area contributed by atoms with Crippen molar-refractivity contribution in [3.63, 3.8) is 0 Å². The molecule has 0 heterocycles. The van der Waals surface area contributed by atoms with Crippen LogP contribution in [0.15, 0.2) is 83.8 Å². The second-order valence-corrected chi connectivity index (χ2v) is 7.05. The third-order valence-electron chi connectivity index (χ3n) is 3.87. The molecule has 27 heavy (non-hydrogen) atoms. The fourth-order valence-corrected chi connectivity index (χ4v) is 3.30. The molecule has 0 aromatic heterocycles. The van der Waals surface area contributed by atoms with Gasteiger partial charge >= 0.3 is 29.6 Å². The standard InChI is InChI=1S/C22H18O3S.Na/c23-26(24,25)22-13-7-12-20(16-14-18-8-3-1-4-9-18)21(22)17-15-19-10-5-2-6-11-19;/h1-17H,(H,23,24,25);/q;+1/p-1. The van der Waals surface area contributed by atoms with Gasteiger partial charge in [0.05, 0.1) is 4.90 Å². The van der Waals surface area contributed by atoms with Crippen LogP contribution in [0.1, 0.15) is 22.3 Å². The van der Waals surface area contributed by atoms with Crippen LogP contribution in [0.4, 0.5) is 0 Å². The van der Waals surface area contributed by atoms with Gasteiger partial charge in [-0.3, -0.25) is 0 Å². The summed E-state index contributed by atoms with van der Waals surface area (Å²) in [5.41, 5.74) is 2.96. The molecule has 3 aromatic rings. The normalized spacial score (nSPS) is 11.6. The third-order valence-corrected chi connectivity index (χ3v) is 4.76. The molecule has 0 atom stereocenters. The molecule has 0 unspecified atom stereocenters. The molecule has 0 radical (unpaired) electrons. The van der Waals surface area contributed by atoms with Crippen LogP contribution in [0, 0.1) is 0 Å². The minimum atomic E-state index is -4.58. The molecule has 0 aliphatic carbocycles. The van der Waals surface area contributed by atoms with Crippen LogP contribution < -0.4 is 29.6 Å². The maximum absolute atomic E-state index is 11.7. The molecule has 0 spiro atoms. The van der Waals surface area contributed by atoms with Crippen LogP contribution in [-0.4, -0.2) is 13.0 Å². The zero-order chi connectivity index (χ0) is 18.4. The molecule has 5 heteroatoms. The van der Waals surface area contributed by atoms with Crippen molar-refractivity contribution in [3.05, 3.63) is 101 Å². The fourth-order valence-electron chi connectivity index (χ4n) is 2.60. The maximum Gasteiger partial charge on any atom is 1.00 e. The number of hydrogen-bond acceptors (Lipinski definition) is 3. The molecule has 0 N–H and O–H groups in total. The summed E-state index contributed by atoms with van der Waals surface area (Å²) in [5.74, 6) is 0. The molecule has 0 amide bonds. The van der Waals surface area contributed by atoms with E-state index in [4.69, 9.17) is 0 Å². The monoisotopic (exact) mass is 384 g/mol. The van der Waals surface area contributed by atoms with E-state index >= 15 is 0 Å². The summed E-state index contributed by atoms with van der Waals surface area (Å²) in [6, 6.07) is 23.9.